The lowest BCUT2D eigenvalue weighted by Gasteiger charge is -2.17. The molecule has 15 heavy (non-hydrogen) atoms. The van der Waals surface area contributed by atoms with Crippen LogP contribution in [0.4, 0.5) is 0 Å². The van der Waals surface area contributed by atoms with Crippen LogP contribution in [0.3, 0.4) is 0 Å². The fourth-order valence-corrected chi connectivity index (χ4v) is 2.35. The van der Waals surface area contributed by atoms with Crippen LogP contribution in [0.5, 0.6) is 0 Å². The zero-order valence-electron chi connectivity index (χ0n) is 9.73. The summed E-state index contributed by atoms with van der Waals surface area (Å²) in [4.78, 5) is 0. The van der Waals surface area contributed by atoms with E-state index < -0.39 is 7.60 Å². The predicted octanol–water partition coefficient (Wildman–Crippen LogP) is 2.94. The first-order valence-electron chi connectivity index (χ1n) is 4.99. The van der Waals surface area contributed by atoms with Crippen molar-refractivity contribution in [1.29, 1.82) is 0 Å². The lowest BCUT2D eigenvalue weighted by Crippen LogP contribution is -2.18. The molecule has 0 radical (unpaired) electrons. The second kappa shape index (κ2) is 4.79. The second-order valence-corrected chi connectivity index (χ2v) is 6.31. The lowest BCUT2D eigenvalue weighted by atomic mass is 10.1. The standard InChI is InChI=1S/C10H19O4P/c1-10(2)7-5-9(14-10)6-8-15(11,12-3)13-4/h6,8-9H,5,7H2,1-4H3/b8-6+. The molecule has 1 unspecified atom stereocenters. The molecular formula is C10H19O4P. The molecule has 0 aromatic carbocycles. The summed E-state index contributed by atoms with van der Waals surface area (Å²) in [7, 11) is -0.298. The van der Waals surface area contributed by atoms with Crippen molar-refractivity contribution in [3.63, 3.8) is 0 Å². The fourth-order valence-electron chi connectivity index (χ4n) is 1.55. The Labute approximate surface area is 91.1 Å². The van der Waals surface area contributed by atoms with Crippen molar-refractivity contribution in [1.82, 2.24) is 0 Å². The monoisotopic (exact) mass is 234 g/mol. The summed E-state index contributed by atoms with van der Waals surface area (Å²) in [5.74, 6) is 1.47. The van der Waals surface area contributed by atoms with Gasteiger partial charge in [-0.3, -0.25) is 4.57 Å². The molecule has 1 aliphatic heterocycles. The van der Waals surface area contributed by atoms with Gasteiger partial charge in [0.1, 0.15) is 0 Å². The predicted molar refractivity (Wildman–Crippen MR) is 59.0 cm³/mol. The summed E-state index contributed by atoms with van der Waals surface area (Å²) >= 11 is 0. The van der Waals surface area contributed by atoms with Gasteiger partial charge in [0.25, 0.3) is 0 Å². The van der Waals surface area contributed by atoms with E-state index in [0.717, 1.165) is 12.8 Å². The molecule has 4 nitrogen and oxygen atoms in total. The lowest BCUT2D eigenvalue weighted by molar-refractivity contribution is 0.00520. The quantitative estimate of drug-likeness (QED) is 0.701. The molecule has 1 fully saturated rings. The fraction of sp³-hybridized carbons (Fsp3) is 0.800. The first-order valence-corrected chi connectivity index (χ1v) is 6.60. The third kappa shape index (κ3) is 3.72. The van der Waals surface area contributed by atoms with Gasteiger partial charge in [-0.15, -0.1) is 0 Å². The average Bonchev–Trinajstić information content (AvgIpc) is 2.55. The Bertz CT molecular complexity index is 277. The molecular weight excluding hydrogens is 215 g/mol. The summed E-state index contributed by atoms with van der Waals surface area (Å²) in [6.07, 6.45) is 3.73. The Morgan fingerprint density at radius 3 is 2.40 bits per heavy atom. The van der Waals surface area contributed by atoms with Crippen LogP contribution in [0, 0.1) is 0 Å². The molecule has 5 heteroatoms. The smallest absolute Gasteiger partial charge is 0.353 e. The van der Waals surface area contributed by atoms with Gasteiger partial charge in [0, 0.05) is 20.0 Å². The van der Waals surface area contributed by atoms with Gasteiger partial charge in [0.05, 0.1) is 11.7 Å². The topological polar surface area (TPSA) is 44.8 Å². The SMILES string of the molecule is COP(=O)(/C=C/C1CCC(C)(C)O1)OC. The molecule has 0 spiro atoms. The Hall–Kier alpha value is -0.150. The summed E-state index contributed by atoms with van der Waals surface area (Å²) in [5.41, 5.74) is -0.0842. The summed E-state index contributed by atoms with van der Waals surface area (Å²) in [5, 5.41) is 0. The molecule has 1 aliphatic rings. The van der Waals surface area contributed by atoms with Crippen LogP contribution in [0.2, 0.25) is 0 Å². The normalized spacial score (nSPS) is 26.3. The minimum atomic E-state index is -3.04. The van der Waals surface area contributed by atoms with E-state index >= 15 is 0 Å². The van der Waals surface area contributed by atoms with Crippen molar-refractivity contribution < 1.29 is 18.3 Å². The third-order valence-electron chi connectivity index (χ3n) is 2.49. The summed E-state index contributed by atoms with van der Waals surface area (Å²) in [6.45, 7) is 4.10. The van der Waals surface area contributed by atoms with Crippen LogP contribution in [-0.4, -0.2) is 25.9 Å². The minimum absolute atomic E-state index is 0.0126. The Morgan fingerprint density at radius 1 is 1.40 bits per heavy atom. The van der Waals surface area contributed by atoms with Crippen LogP contribution in [-0.2, 0) is 18.3 Å². The number of hydrogen-bond donors (Lipinski definition) is 0. The molecule has 0 N–H and O–H groups in total. The van der Waals surface area contributed by atoms with Crippen LogP contribution in [0.15, 0.2) is 11.9 Å². The number of ether oxygens (including phenoxy) is 1. The first kappa shape index (κ1) is 12.9. The zero-order valence-corrected chi connectivity index (χ0v) is 10.6. The molecule has 1 rings (SSSR count). The van der Waals surface area contributed by atoms with Gasteiger partial charge in [-0.2, -0.15) is 0 Å². The van der Waals surface area contributed by atoms with Crippen molar-refractivity contribution in [3.8, 4) is 0 Å². The van der Waals surface area contributed by atoms with E-state index in [1.807, 2.05) is 13.8 Å². The van der Waals surface area contributed by atoms with Crippen molar-refractivity contribution in [2.75, 3.05) is 14.2 Å². The van der Waals surface area contributed by atoms with Crippen molar-refractivity contribution >= 4 is 7.60 Å². The van der Waals surface area contributed by atoms with E-state index in [0.29, 0.717) is 0 Å². The van der Waals surface area contributed by atoms with E-state index in [4.69, 9.17) is 13.8 Å². The summed E-state index contributed by atoms with van der Waals surface area (Å²) < 4.78 is 27.0. The molecule has 0 aliphatic carbocycles. The Morgan fingerprint density at radius 2 is 2.00 bits per heavy atom. The molecule has 0 bridgehead atoms. The minimum Gasteiger partial charge on any atom is -0.368 e. The molecule has 0 amide bonds. The van der Waals surface area contributed by atoms with E-state index in [9.17, 15) is 4.57 Å². The molecule has 0 aromatic heterocycles. The van der Waals surface area contributed by atoms with E-state index in [1.165, 1.54) is 20.0 Å². The Kier molecular flexibility index (Phi) is 4.13. The van der Waals surface area contributed by atoms with Gasteiger partial charge in [0.2, 0.25) is 0 Å². The average molecular weight is 234 g/mol. The van der Waals surface area contributed by atoms with Gasteiger partial charge < -0.3 is 13.8 Å². The zero-order chi connectivity index (χ0) is 11.5. The molecule has 0 saturated carbocycles. The maximum absolute atomic E-state index is 11.7. The number of rotatable bonds is 4. The van der Waals surface area contributed by atoms with Crippen LogP contribution in [0.25, 0.3) is 0 Å². The first-order chi connectivity index (χ1) is 6.91. The van der Waals surface area contributed by atoms with Gasteiger partial charge >= 0.3 is 7.60 Å². The van der Waals surface area contributed by atoms with Gasteiger partial charge in [-0.05, 0) is 32.8 Å². The van der Waals surface area contributed by atoms with Crippen molar-refractivity contribution in [2.24, 2.45) is 0 Å². The van der Waals surface area contributed by atoms with Crippen LogP contribution < -0.4 is 0 Å². The van der Waals surface area contributed by atoms with Crippen molar-refractivity contribution in [3.05, 3.63) is 11.9 Å². The molecule has 0 aromatic rings. The third-order valence-corrected chi connectivity index (χ3v) is 4.05. The van der Waals surface area contributed by atoms with Gasteiger partial charge in [-0.25, -0.2) is 0 Å². The second-order valence-electron chi connectivity index (χ2n) is 4.20. The highest BCUT2D eigenvalue weighted by atomic mass is 31.2. The van der Waals surface area contributed by atoms with Gasteiger partial charge in [-0.1, -0.05) is 0 Å². The Balaban J connectivity index is 2.56. The highest BCUT2D eigenvalue weighted by Crippen LogP contribution is 2.48. The highest BCUT2D eigenvalue weighted by molar-refractivity contribution is 7.57. The summed E-state index contributed by atoms with van der Waals surface area (Å²) in [6, 6.07) is 0. The molecule has 1 heterocycles. The molecule has 88 valence electrons. The van der Waals surface area contributed by atoms with E-state index in [1.54, 1.807) is 6.08 Å². The van der Waals surface area contributed by atoms with Crippen LogP contribution >= 0.6 is 7.60 Å². The van der Waals surface area contributed by atoms with Gasteiger partial charge in [0.15, 0.2) is 0 Å². The maximum Gasteiger partial charge on any atom is 0.353 e. The van der Waals surface area contributed by atoms with E-state index in [2.05, 4.69) is 0 Å². The molecule has 1 saturated heterocycles. The highest BCUT2D eigenvalue weighted by Gasteiger charge is 2.30. The largest absolute Gasteiger partial charge is 0.368 e. The maximum atomic E-state index is 11.7. The van der Waals surface area contributed by atoms with E-state index in [-0.39, 0.29) is 11.7 Å². The molecule has 1 atom stereocenters. The van der Waals surface area contributed by atoms with Crippen LogP contribution in [0.1, 0.15) is 26.7 Å². The van der Waals surface area contributed by atoms with Crippen molar-refractivity contribution in [2.45, 2.75) is 38.4 Å². The number of hydrogen-bond acceptors (Lipinski definition) is 4.